The number of carboxylic acid groups (broad SMARTS) is 4. The number of carboxylic acids is 4. The summed E-state index contributed by atoms with van der Waals surface area (Å²) in [6.07, 6.45) is 9.13. The number of nitriles is 4. The Morgan fingerprint density at radius 1 is 0.364 bits per heavy atom. The summed E-state index contributed by atoms with van der Waals surface area (Å²) in [6.45, 7) is 4.11. The highest BCUT2D eigenvalue weighted by Gasteiger charge is 2.18. The first-order valence-electron chi connectivity index (χ1n) is 23.4. The number of rotatable bonds is 17. The molecule has 0 saturated heterocycles. The van der Waals surface area contributed by atoms with Gasteiger partial charge in [0.25, 0.3) is 0 Å². The van der Waals surface area contributed by atoms with E-state index in [2.05, 4.69) is 11.8 Å². The molecule has 0 saturated carbocycles. The van der Waals surface area contributed by atoms with Gasteiger partial charge in [0.2, 0.25) is 0 Å². The smallest absolute Gasteiger partial charge is 0.346 e. The van der Waals surface area contributed by atoms with Crippen molar-refractivity contribution in [1.29, 1.82) is 21.0 Å². The van der Waals surface area contributed by atoms with Crippen LogP contribution >= 0.6 is 0 Å². The van der Waals surface area contributed by atoms with E-state index in [0.29, 0.717) is 22.3 Å². The predicted molar refractivity (Wildman–Crippen MR) is 295 cm³/mol. The van der Waals surface area contributed by atoms with Crippen LogP contribution in [0.15, 0.2) is 186 Å². The monoisotopic (exact) mass is 1010 g/mol. The molecule has 0 spiro atoms. The van der Waals surface area contributed by atoms with Gasteiger partial charge in [-0.2, -0.15) is 21.0 Å². The average Bonchev–Trinajstić information content (AvgIpc) is 3.43. The lowest BCUT2D eigenvalue weighted by molar-refractivity contribution is -0.133. The highest BCUT2D eigenvalue weighted by atomic mass is 16.4. The van der Waals surface area contributed by atoms with Crippen molar-refractivity contribution in [3.63, 3.8) is 0 Å². The highest BCUT2D eigenvalue weighted by Crippen LogP contribution is 2.39. The van der Waals surface area contributed by atoms with E-state index in [1.54, 1.807) is 72.8 Å². The van der Waals surface area contributed by atoms with Crippen molar-refractivity contribution in [2.75, 3.05) is 4.90 Å². The molecule has 0 aromatic heterocycles. The van der Waals surface area contributed by atoms with Crippen molar-refractivity contribution in [3.05, 3.63) is 253 Å². The molecule has 0 radical (unpaired) electrons. The summed E-state index contributed by atoms with van der Waals surface area (Å²) >= 11 is 0. The summed E-state index contributed by atoms with van der Waals surface area (Å²) in [5.41, 5.74) is 11.4. The summed E-state index contributed by atoms with van der Waals surface area (Å²) in [7, 11) is 0. The zero-order valence-electron chi connectivity index (χ0n) is 41.2. The molecule has 7 aromatic carbocycles. The maximum atomic E-state index is 11.5. The van der Waals surface area contributed by atoms with Gasteiger partial charge in [0, 0.05) is 17.1 Å². The lowest BCUT2D eigenvalue weighted by Gasteiger charge is -2.28. The average molecular weight is 1010 g/mol. The Kier molecular flexibility index (Phi) is 16.9. The fourth-order valence-electron chi connectivity index (χ4n) is 8.11. The van der Waals surface area contributed by atoms with Crippen LogP contribution in [0.25, 0.3) is 47.6 Å². The first-order valence-corrected chi connectivity index (χ1v) is 23.4. The largest absolute Gasteiger partial charge is 0.477 e. The van der Waals surface area contributed by atoms with Gasteiger partial charge in [-0.3, -0.25) is 0 Å². The van der Waals surface area contributed by atoms with Crippen LogP contribution in [0.5, 0.6) is 0 Å². The minimum absolute atomic E-state index is 0.413. The molecule has 0 heterocycles. The summed E-state index contributed by atoms with van der Waals surface area (Å²) in [5.74, 6) is -5.36. The van der Waals surface area contributed by atoms with Crippen LogP contribution in [0.2, 0.25) is 0 Å². The summed E-state index contributed by atoms with van der Waals surface area (Å²) in [6, 6.07) is 57.0. The Morgan fingerprint density at radius 3 is 0.857 bits per heavy atom. The molecular formula is C64H43N5O8. The van der Waals surface area contributed by atoms with Gasteiger partial charge < -0.3 is 25.3 Å². The molecule has 77 heavy (non-hydrogen) atoms. The van der Waals surface area contributed by atoms with Gasteiger partial charge in [0.05, 0.1) is 0 Å². The topological polar surface area (TPSA) is 248 Å². The number of hydrogen-bond acceptors (Lipinski definition) is 9. The van der Waals surface area contributed by atoms with Crippen molar-refractivity contribution in [3.8, 4) is 24.3 Å². The second-order valence-corrected chi connectivity index (χ2v) is 17.2. The summed E-state index contributed by atoms with van der Waals surface area (Å²) in [5, 5.41) is 75.0. The minimum atomic E-state index is -1.34. The first kappa shape index (κ1) is 53.4. The van der Waals surface area contributed by atoms with Gasteiger partial charge >= 0.3 is 23.9 Å². The number of anilines is 3. The number of benzene rings is 7. The van der Waals surface area contributed by atoms with Gasteiger partial charge in [0.1, 0.15) is 46.6 Å². The number of hydrogen-bond donors (Lipinski definition) is 4. The quantitative estimate of drug-likeness (QED) is 0.0377. The van der Waals surface area contributed by atoms with Gasteiger partial charge in [-0.25, -0.2) is 19.2 Å². The number of carbonyl (C=O) groups is 4. The van der Waals surface area contributed by atoms with Crippen LogP contribution in [-0.4, -0.2) is 44.3 Å². The Morgan fingerprint density at radius 2 is 0.610 bits per heavy atom. The Labute approximate surface area is 443 Å². The van der Waals surface area contributed by atoms with Crippen LogP contribution in [-0.2, 0) is 19.2 Å². The molecule has 4 N–H and O–H groups in total. The molecule has 7 aromatic rings. The molecule has 13 heteroatoms. The number of aryl methyl sites for hydroxylation is 1. The second kappa shape index (κ2) is 24.4. The Bertz CT molecular complexity index is 3410. The van der Waals surface area contributed by atoms with E-state index in [1.165, 1.54) is 24.3 Å². The third kappa shape index (κ3) is 13.2. The van der Waals surface area contributed by atoms with Gasteiger partial charge in [-0.15, -0.1) is 0 Å². The molecular weight excluding hydrogens is 967 g/mol. The highest BCUT2D eigenvalue weighted by molar-refractivity contribution is 6.00. The van der Waals surface area contributed by atoms with E-state index in [0.717, 1.165) is 72.7 Å². The standard InChI is InChI=1S/C64H43N5O8/c1-40-4-3-5-60(41(40)2)69(56-26-14-46(15-27-56)34-58(48-18-6-42(7-19-48)30-52(36-65)61(70)71)49-20-8-43(9-21-49)31-53(37-66)62(72)73)57-28-16-47(17-29-57)35-59(50-22-10-44(11-23-50)32-54(38-67)63(74)75)51-24-12-45(13-25-51)33-55(39-68)64(76)77/h3-35H,1-2H3,(H,70,71)(H,72,73)(H,74,75)(H,76,77)/b52-30+,53-31+,54-32+,55-33+. The van der Waals surface area contributed by atoms with E-state index in [-0.39, 0.29) is 0 Å². The fourth-order valence-corrected chi connectivity index (χ4v) is 8.11. The first-order chi connectivity index (χ1) is 37.1. The number of aliphatic carboxylic acids is 4. The molecule has 0 aliphatic heterocycles. The van der Waals surface area contributed by atoms with Crippen LogP contribution in [0.4, 0.5) is 17.1 Å². The third-order valence-electron chi connectivity index (χ3n) is 12.3. The molecule has 0 aliphatic carbocycles. The van der Waals surface area contributed by atoms with Gasteiger partial charge in [-0.1, -0.05) is 133 Å². The third-order valence-corrected chi connectivity index (χ3v) is 12.3. The Balaban J connectivity index is 1.29. The van der Waals surface area contributed by atoms with Crippen LogP contribution in [0.3, 0.4) is 0 Å². The minimum Gasteiger partial charge on any atom is -0.477 e. The zero-order valence-corrected chi connectivity index (χ0v) is 41.2. The molecule has 0 bridgehead atoms. The van der Waals surface area contributed by atoms with Crippen molar-refractivity contribution < 1.29 is 39.6 Å². The Hall–Kier alpha value is -11.4. The maximum Gasteiger partial charge on any atom is 0.346 e. The molecule has 7 rings (SSSR count). The lowest BCUT2D eigenvalue weighted by Crippen LogP contribution is -2.11. The van der Waals surface area contributed by atoms with Crippen molar-refractivity contribution in [2.24, 2.45) is 0 Å². The molecule has 0 fully saturated rings. The van der Waals surface area contributed by atoms with E-state index in [1.807, 2.05) is 134 Å². The zero-order chi connectivity index (χ0) is 55.2. The van der Waals surface area contributed by atoms with Crippen LogP contribution in [0, 0.1) is 59.2 Å². The molecule has 0 amide bonds. The van der Waals surface area contributed by atoms with E-state index in [9.17, 15) is 60.7 Å². The predicted octanol–water partition coefficient (Wildman–Crippen LogP) is 12.9. The van der Waals surface area contributed by atoms with Gasteiger partial charge in [0.15, 0.2) is 0 Å². The molecule has 13 nitrogen and oxygen atoms in total. The second-order valence-electron chi connectivity index (χ2n) is 17.2. The SMILES string of the molecule is Cc1cccc(N(c2ccc(C=C(c3ccc(/C=C(\C#N)C(=O)O)cc3)c3ccc(/C=C(\C#N)C(=O)O)cc3)cc2)c2ccc(C=C(c3ccc(/C=C(\C#N)C(=O)O)cc3)c3ccc(/C=C(\C#N)C(=O)O)cc3)cc2)c1C. The molecule has 372 valence electrons. The molecule has 0 unspecified atom stereocenters. The lowest BCUT2D eigenvalue weighted by atomic mass is 9.93. The maximum absolute atomic E-state index is 11.5. The van der Waals surface area contributed by atoms with E-state index in [4.69, 9.17) is 0 Å². The van der Waals surface area contributed by atoms with E-state index >= 15 is 0 Å². The van der Waals surface area contributed by atoms with Crippen LogP contribution < -0.4 is 4.90 Å². The van der Waals surface area contributed by atoms with Crippen molar-refractivity contribution >= 4 is 88.5 Å². The molecule has 0 atom stereocenters. The molecule has 0 aliphatic rings. The fraction of sp³-hybridized carbons (Fsp3) is 0.0312. The summed E-state index contributed by atoms with van der Waals surface area (Å²) < 4.78 is 0. The van der Waals surface area contributed by atoms with Crippen LogP contribution in [0.1, 0.15) is 66.8 Å². The summed E-state index contributed by atoms with van der Waals surface area (Å²) in [4.78, 5) is 48.3. The van der Waals surface area contributed by atoms with E-state index < -0.39 is 46.2 Å². The normalized spacial score (nSPS) is 11.4. The van der Waals surface area contributed by atoms with Crippen molar-refractivity contribution in [2.45, 2.75) is 13.8 Å². The van der Waals surface area contributed by atoms with Crippen molar-refractivity contribution in [1.82, 2.24) is 0 Å². The number of nitrogens with zero attached hydrogens (tertiary/aromatic N) is 5. The van der Waals surface area contributed by atoms with Gasteiger partial charge in [-0.05, 0) is 159 Å².